The van der Waals surface area contributed by atoms with Gasteiger partial charge in [0.1, 0.15) is 6.07 Å². The van der Waals surface area contributed by atoms with E-state index in [9.17, 15) is 10.1 Å². The van der Waals surface area contributed by atoms with Gasteiger partial charge in [-0.15, -0.1) is 0 Å². The summed E-state index contributed by atoms with van der Waals surface area (Å²) in [5.41, 5.74) is 2.54. The van der Waals surface area contributed by atoms with E-state index in [-0.39, 0.29) is 29.5 Å². The number of aryl methyl sites for hydroxylation is 1. The Labute approximate surface area is 210 Å². The van der Waals surface area contributed by atoms with Crippen molar-refractivity contribution < 1.29 is 18.4 Å². The lowest BCUT2D eigenvalue weighted by Gasteiger charge is -2.34. The maximum atomic E-state index is 13.3. The molecule has 0 bridgehead atoms. The molecule has 0 radical (unpaired) electrons. The number of carbonyl (C=O) groups is 1. The number of benzene rings is 1. The molecule has 9 nitrogen and oxygen atoms in total. The van der Waals surface area contributed by atoms with Gasteiger partial charge in [0.25, 0.3) is 5.89 Å². The van der Waals surface area contributed by atoms with Crippen LogP contribution in [-0.2, 0) is 9.53 Å². The number of ether oxygens (including phenoxy) is 1. The number of furan rings is 1. The predicted octanol–water partition coefficient (Wildman–Crippen LogP) is 3.52. The van der Waals surface area contributed by atoms with Crippen LogP contribution in [0.2, 0.25) is 0 Å². The van der Waals surface area contributed by atoms with Crippen molar-refractivity contribution in [3.8, 4) is 17.7 Å². The van der Waals surface area contributed by atoms with Crippen molar-refractivity contribution in [1.29, 1.82) is 5.26 Å². The van der Waals surface area contributed by atoms with Gasteiger partial charge in [-0.3, -0.25) is 9.69 Å². The smallest absolute Gasteiger partial charge is 0.266 e. The molecule has 0 spiro atoms. The molecule has 2 saturated heterocycles. The first-order valence-electron chi connectivity index (χ1n) is 12.5. The van der Waals surface area contributed by atoms with E-state index in [1.807, 2.05) is 4.90 Å². The standard InChI is InChI=1S/C27H31N5O4/c1-19-4-6-20(7-5-19)23(18-31-12-15-34-16-13-31)29-25(33)21-8-10-32(11-9-21)27-22(17-28)30-26(36-27)24-3-2-14-35-24/h2-7,14,21,23H,8-13,15-16,18H2,1H3,(H,29,33)/t23-/m0/s1. The second kappa shape index (κ2) is 11.0. The van der Waals surface area contributed by atoms with Crippen LogP contribution in [0, 0.1) is 24.2 Å². The Balaban J connectivity index is 1.23. The Kier molecular flexibility index (Phi) is 7.35. The third-order valence-electron chi connectivity index (χ3n) is 6.94. The van der Waals surface area contributed by atoms with Gasteiger partial charge in [0, 0.05) is 38.6 Å². The minimum Gasteiger partial charge on any atom is -0.459 e. The molecular weight excluding hydrogens is 458 g/mol. The lowest BCUT2D eigenvalue weighted by molar-refractivity contribution is -0.126. The summed E-state index contributed by atoms with van der Waals surface area (Å²) < 4.78 is 16.7. The molecule has 0 aliphatic carbocycles. The molecule has 1 N–H and O–H groups in total. The summed E-state index contributed by atoms with van der Waals surface area (Å²) in [4.78, 5) is 22.0. The maximum Gasteiger partial charge on any atom is 0.266 e. The molecule has 1 amide bonds. The Bertz CT molecular complexity index is 1180. The molecule has 2 aliphatic rings. The average Bonchev–Trinajstić information content (AvgIpc) is 3.60. The average molecular weight is 490 g/mol. The van der Waals surface area contributed by atoms with Crippen molar-refractivity contribution >= 4 is 11.8 Å². The SMILES string of the molecule is Cc1ccc([C@H](CN2CCOCC2)NC(=O)C2CCN(c3oc(-c4ccco4)nc3C#N)CC2)cc1. The van der Waals surface area contributed by atoms with Crippen molar-refractivity contribution in [3.05, 3.63) is 59.5 Å². The van der Waals surface area contributed by atoms with Crippen molar-refractivity contribution in [1.82, 2.24) is 15.2 Å². The van der Waals surface area contributed by atoms with Gasteiger partial charge >= 0.3 is 0 Å². The van der Waals surface area contributed by atoms with Gasteiger partial charge in [0.15, 0.2) is 5.76 Å². The number of rotatable bonds is 7. The van der Waals surface area contributed by atoms with Crippen LogP contribution in [0.5, 0.6) is 0 Å². The van der Waals surface area contributed by atoms with Gasteiger partial charge in [0.05, 0.1) is 25.5 Å². The fourth-order valence-corrected chi connectivity index (χ4v) is 4.81. The quantitative estimate of drug-likeness (QED) is 0.537. The maximum absolute atomic E-state index is 13.3. The topological polar surface area (TPSA) is 108 Å². The lowest BCUT2D eigenvalue weighted by Crippen LogP contribution is -2.46. The number of morpholine rings is 1. The number of nitrogens with zero attached hydrogens (tertiary/aromatic N) is 4. The van der Waals surface area contributed by atoms with E-state index in [0.717, 1.165) is 38.4 Å². The van der Waals surface area contributed by atoms with Gasteiger partial charge in [-0.1, -0.05) is 29.8 Å². The molecule has 5 rings (SSSR count). The Hall–Kier alpha value is -3.61. The first kappa shape index (κ1) is 24.1. The highest BCUT2D eigenvalue weighted by Crippen LogP contribution is 2.31. The van der Waals surface area contributed by atoms with Crippen LogP contribution < -0.4 is 10.2 Å². The lowest BCUT2D eigenvalue weighted by atomic mass is 9.94. The first-order chi connectivity index (χ1) is 17.6. The molecule has 0 saturated carbocycles. The Morgan fingerprint density at radius 2 is 1.92 bits per heavy atom. The molecule has 1 atom stereocenters. The third-order valence-corrected chi connectivity index (χ3v) is 6.94. The van der Waals surface area contributed by atoms with E-state index in [1.165, 1.54) is 11.8 Å². The zero-order valence-corrected chi connectivity index (χ0v) is 20.5. The number of piperidine rings is 1. The number of carbonyl (C=O) groups excluding carboxylic acids is 1. The van der Waals surface area contributed by atoms with Gasteiger partial charge in [-0.25, -0.2) is 0 Å². The Morgan fingerprint density at radius 1 is 1.17 bits per heavy atom. The first-order valence-corrected chi connectivity index (χ1v) is 12.5. The van der Waals surface area contributed by atoms with Gasteiger partial charge in [-0.05, 0) is 37.5 Å². The molecule has 2 aliphatic heterocycles. The van der Waals surface area contributed by atoms with Crippen LogP contribution in [0.25, 0.3) is 11.7 Å². The number of nitriles is 1. The van der Waals surface area contributed by atoms with Crippen molar-refractivity contribution in [2.24, 2.45) is 5.92 Å². The van der Waals surface area contributed by atoms with Gasteiger partial charge in [-0.2, -0.15) is 10.2 Å². The van der Waals surface area contributed by atoms with Crippen LogP contribution >= 0.6 is 0 Å². The number of hydrogen-bond acceptors (Lipinski definition) is 8. The largest absolute Gasteiger partial charge is 0.459 e. The van der Waals surface area contributed by atoms with Crippen LogP contribution in [0.4, 0.5) is 5.88 Å². The van der Waals surface area contributed by atoms with Crippen molar-refractivity contribution in [2.45, 2.75) is 25.8 Å². The van der Waals surface area contributed by atoms with Crippen LogP contribution in [0.3, 0.4) is 0 Å². The van der Waals surface area contributed by atoms with Gasteiger partial charge in [0.2, 0.25) is 17.5 Å². The number of nitrogens with one attached hydrogen (secondary N) is 1. The summed E-state index contributed by atoms with van der Waals surface area (Å²) in [5, 5.41) is 12.9. The monoisotopic (exact) mass is 489 g/mol. The van der Waals surface area contributed by atoms with Crippen molar-refractivity contribution in [2.75, 3.05) is 50.8 Å². The van der Waals surface area contributed by atoms with E-state index in [1.54, 1.807) is 12.1 Å². The summed E-state index contributed by atoms with van der Waals surface area (Å²) in [7, 11) is 0. The van der Waals surface area contributed by atoms with E-state index in [4.69, 9.17) is 13.6 Å². The highest BCUT2D eigenvalue weighted by molar-refractivity contribution is 5.79. The minimum atomic E-state index is -0.100. The van der Waals surface area contributed by atoms with E-state index < -0.39 is 0 Å². The second-order valence-electron chi connectivity index (χ2n) is 9.41. The molecule has 9 heteroatoms. The fraction of sp³-hybridized carbons (Fsp3) is 0.444. The normalized spacial score (nSPS) is 18.1. The fourth-order valence-electron chi connectivity index (χ4n) is 4.81. The number of aromatic nitrogens is 1. The zero-order chi connectivity index (χ0) is 24.9. The molecular formula is C27H31N5O4. The van der Waals surface area contributed by atoms with E-state index in [0.29, 0.717) is 37.6 Å². The molecule has 188 valence electrons. The highest BCUT2D eigenvalue weighted by atomic mass is 16.5. The number of hydrogen-bond donors (Lipinski definition) is 1. The molecule has 36 heavy (non-hydrogen) atoms. The summed E-state index contributed by atoms with van der Waals surface area (Å²) in [6.07, 6.45) is 2.88. The van der Waals surface area contributed by atoms with Crippen molar-refractivity contribution in [3.63, 3.8) is 0 Å². The minimum absolute atomic E-state index is 0.0721. The van der Waals surface area contributed by atoms with Gasteiger partial charge < -0.3 is 23.8 Å². The van der Waals surface area contributed by atoms with Crippen LogP contribution in [-0.4, -0.2) is 61.7 Å². The number of oxazole rings is 1. The molecule has 4 heterocycles. The summed E-state index contributed by atoms with van der Waals surface area (Å²) in [6, 6.07) is 13.9. The molecule has 0 unspecified atom stereocenters. The summed E-state index contributed by atoms with van der Waals surface area (Å²) >= 11 is 0. The highest BCUT2D eigenvalue weighted by Gasteiger charge is 2.31. The Morgan fingerprint density at radius 3 is 2.58 bits per heavy atom. The molecule has 2 aromatic heterocycles. The number of amides is 1. The molecule has 3 aromatic rings. The second-order valence-corrected chi connectivity index (χ2v) is 9.41. The third kappa shape index (κ3) is 5.45. The predicted molar refractivity (Wildman–Crippen MR) is 133 cm³/mol. The summed E-state index contributed by atoms with van der Waals surface area (Å²) in [5.74, 6) is 1.18. The zero-order valence-electron chi connectivity index (χ0n) is 20.5. The van der Waals surface area contributed by atoms with Crippen LogP contribution in [0.15, 0.2) is 51.5 Å². The van der Waals surface area contributed by atoms with E-state index >= 15 is 0 Å². The van der Waals surface area contributed by atoms with E-state index in [2.05, 4.69) is 52.5 Å². The molecule has 2 fully saturated rings. The molecule has 1 aromatic carbocycles. The van der Waals surface area contributed by atoms with Crippen LogP contribution in [0.1, 0.15) is 35.7 Å². The number of anilines is 1. The summed E-state index contributed by atoms with van der Waals surface area (Å²) in [6.45, 7) is 7.23.